The first kappa shape index (κ1) is 14.8. The Bertz CT molecular complexity index is 798. The van der Waals surface area contributed by atoms with Crippen LogP contribution >= 0.6 is 11.8 Å². The number of aromatic nitrogens is 3. The standard InChI is InChI=1S/C17H16FN3S/c1-12-6-3-4-9-16(12)21-13(2)19-20-17(21)22-11-14-7-5-8-15(18)10-14/h3-10H,11H2,1-2H3. The maximum absolute atomic E-state index is 13.3. The summed E-state index contributed by atoms with van der Waals surface area (Å²) in [6.45, 7) is 4.00. The van der Waals surface area contributed by atoms with Gasteiger partial charge >= 0.3 is 0 Å². The fourth-order valence-electron chi connectivity index (χ4n) is 2.30. The fraction of sp³-hybridized carbons (Fsp3) is 0.176. The summed E-state index contributed by atoms with van der Waals surface area (Å²) in [7, 11) is 0. The quantitative estimate of drug-likeness (QED) is 0.672. The lowest BCUT2D eigenvalue weighted by molar-refractivity contribution is 0.626. The molecule has 2 aromatic carbocycles. The number of thioether (sulfide) groups is 1. The molecule has 5 heteroatoms. The Morgan fingerprint density at radius 2 is 1.86 bits per heavy atom. The number of para-hydroxylation sites is 1. The predicted molar refractivity (Wildman–Crippen MR) is 86.8 cm³/mol. The Kier molecular flexibility index (Phi) is 4.24. The second kappa shape index (κ2) is 6.32. The Labute approximate surface area is 133 Å². The third-order valence-corrected chi connectivity index (χ3v) is 4.41. The highest BCUT2D eigenvalue weighted by Gasteiger charge is 2.13. The average molecular weight is 313 g/mol. The van der Waals surface area contributed by atoms with E-state index in [0.29, 0.717) is 5.75 Å². The monoisotopic (exact) mass is 313 g/mol. The van der Waals surface area contributed by atoms with Crippen LogP contribution in [0.3, 0.4) is 0 Å². The zero-order valence-corrected chi connectivity index (χ0v) is 13.3. The van der Waals surface area contributed by atoms with Crippen molar-refractivity contribution in [2.24, 2.45) is 0 Å². The summed E-state index contributed by atoms with van der Waals surface area (Å²) in [4.78, 5) is 0. The van der Waals surface area contributed by atoms with Gasteiger partial charge in [-0.3, -0.25) is 4.57 Å². The topological polar surface area (TPSA) is 30.7 Å². The molecule has 3 nitrogen and oxygen atoms in total. The Morgan fingerprint density at radius 3 is 2.64 bits per heavy atom. The molecule has 0 atom stereocenters. The minimum Gasteiger partial charge on any atom is -0.274 e. The zero-order valence-electron chi connectivity index (χ0n) is 12.5. The summed E-state index contributed by atoms with van der Waals surface area (Å²) < 4.78 is 15.3. The van der Waals surface area contributed by atoms with Crippen molar-refractivity contribution in [3.8, 4) is 5.69 Å². The molecule has 0 N–H and O–H groups in total. The van der Waals surface area contributed by atoms with Crippen LogP contribution in [0.1, 0.15) is 17.0 Å². The second-order valence-electron chi connectivity index (χ2n) is 5.07. The number of rotatable bonds is 4. The van der Waals surface area contributed by atoms with Crippen molar-refractivity contribution >= 4 is 11.8 Å². The Balaban J connectivity index is 1.88. The maximum atomic E-state index is 13.3. The van der Waals surface area contributed by atoms with Gasteiger partial charge in [0.15, 0.2) is 5.16 Å². The van der Waals surface area contributed by atoms with Crippen molar-refractivity contribution in [3.63, 3.8) is 0 Å². The molecule has 22 heavy (non-hydrogen) atoms. The fourth-order valence-corrected chi connectivity index (χ4v) is 3.24. The van der Waals surface area contributed by atoms with Gasteiger partial charge in [-0.05, 0) is 43.2 Å². The summed E-state index contributed by atoms with van der Waals surface area (Å²) in [6, 6.07) is 14.8. The van der Waals surface area contributed by atoms with E-state index in [9.17, 15) is 4.39 Å². The van der Waals surface area contributed by atoms with Crippen LogP contribution in [0.5, 0.6) is 0 Å². The molecule has 0 bridgehead atoms. The number of benzene rings is 2. The molecule has 0 saturated heterocycles. The lowest BCUT2D eigenvalue weighted by Gasteiger charge is -2.11. The van der Waals surface area contributed by atoms with Gasteiger partial charge in [0, 0.05) is 5.75 Å². The van der Waals surface area contributed by atoms with E-state index < -0.39 is 0 Å². The third kappa shape index (κ3) is 3.04. The summed E-state index contributed by atoms with van der Waals surface area (Å²) in [5.74, 6) is 1.28. The van der Waals surface area contributed by atoms with E-state index in [0.717, 1.165) is 27.8 Å². The molecule has 1 heterocycles. The van der Waals surface area contributed by atoms with E-state index in [1.165, 1.54) is 6.07 Å². The van der Waals surface area contributed by atoms with Crippen molar-refractivity contribution in [2.45, 2.75) is 24.8 Å². The van der Waals surface area contributed by atoms with Crippen LogP contribution < -0.4 is 0 Å². The molecular weight excluding hydrogens is 297 g/mol. The number of hydrogen-bond donors (Lipinski definition) is 0. The first-order chi connectivity index (χ1) is 10.6. The molecule has 0 amide bonds. The van der Waals surface area contributed by atoms with Gasteiger partial charge in [-0.1, -0.05) is 42.1 Å². The third-order valence-electron chi connectivity index (χ3n) is 3.41. The van der Waals surface area contributed by atoms with Gasteiger partial charge in [0.05, 0.1) is 5.69 Å². The van der Waals surface area contributed by atoms with E-state index in [1.807, 2.05) is 29.7 Å². The molecule has 0 radical (unpaired) electrons. The maximum Gasteiger partial charge on any atom is 0.196 e. The average Bonchev–Trinajstić information content (AvgIpc) is 2.87. The SMILES string of the molecule is Cc1ccccc1-n1c(C)nnc1SCc1cccc(F)c1. The van der Waals surface area contributed by atoms with E-state index in [-0.39, 0.29) is 5.82 Å². The van der Waals surface area contributed by atoms with Crippen LogP contribution in [0.15, 0.2) is 53.7 Å². The highest BCUT2D eigenvalue weighted by Crippen LogP contribution is 2.26. The summed E-state index contributed by atoms with van der Waals surface area (Å²) in [6.07, 6.45) is 0. The highest BCUT2D eigenvalue weighted by atomic mass is 32.2. The lowest BCUT2D eigenvalue weighted by atomic mass is 10.2. The highest BCUT2D eigenvalue weighted by molar-refractivity contribution is 7.98. The predicted octanol–water partition coefficient (Wildman–Crippen LogP) is 4.32. The van der Waals surface area contributed by atoms with E-state index in [1.54, 1.807) is 23.9 Å². The van der Waals surface area contributed by atoms with Crippen molar-refractivity contribution < 1.29 is 4.39 Å². The van der Waals surface area contributed by atoms with E-state index in [2.05, 4.69) is 29.3 Å². The summed E-state index contributed by atoms with van der Waals surface area (Å²) in [5.41, 5.74) is 3.17. The number of halogens is 1. The number of nitrogens with zero attached hydrogens (tertiary/aromatic N) is 3. The van der Waals surface area contributed by atoms with Crippen LogP contribution in [-0.2, 0) is 5.75 Å². The molecule has 0 fully saturated rings. The Morgan fingerprint density at radius 1 is 1.05 bits per heavy atom. The van der Waals surface area contributed by atoms with Crippen LogP contribution in [0.2, 0.25) is 0 Å². The van der Waals surface area contributed by atoms with Crippen molar-refractivity contribution in [1.82, 2.24) is 14.8 Å². The molecule has 1 aromatic heterocycles. The summed E-state index contributed by atoms with van der Waals surface area (Å²) >= 11 is 1.56. The molecular formula is C17H16FN3S. The first-order valence-electron chi connectivity index (χ1n) is 7.00. The van der Waals surface area contributed by atoms with E-state index >= 15 is 0 Å². The van der Waals surface area contributed by atoms with Gasteiger partial charge in [-0.25, -0.2) is 4.39 Å². The lowest BCUT2D eigenvalue weighted by Crippen LogP contribution is -2.01. The van der Waals surface area contributed by atoms with Gasteiger partial charge in [0.1, 0.15) is 11.6 Å². The van der Waals surface area contributed by atoms with Crippen LogP contribution in [0, 0.1) is 19.7 Å². The molecule has 3 rings (SSSR count). The van der Waals surface area contributed by atoms with Crippen molar-refractivity contribution in [2.75, 3.05) is 0 Å². The minimum atomic E-state index is -0.213. The number of aryl methyl sites for hydroxylation is 2. The largest absolute Gasteiger partial charge is 0.274 e. The van der Waals surface area contributed by atoms with Crippen molar-refractivity contribution in [1.29, 1.82) is 0 Å². The van der Waals surface area contributed by atoms with Gasteiger partial charge in [-0.15, -0.1) is 10.2 Å². The zero-order chi connectivity index (χ0) is 15.5. The van der Waals surface area contributed by atoms with Gasteiger partial charge < -0.3 is 0 Å². The molecule has 0 spiro atoms. The minimum absolute atomic E-state index is 0.213. The van der Waals surface area contributed by atoms with Crippen LogP contribution in [0.4, 0.5) is 4.39 Å². The normalized spacial score (nSPS) is 10.9. The van der Waals surface area contributed by atoms with Crippen LogP contribution in [0.25, 0.3) is 5.69 Å². The van der Waals surface area contributed by atoms with Crippen LogP contribution in [-0.4, -0.2) is 14.8 Å². The number of hydrogen-bond acceptors (Lipinski definition) is 3. The second-order valence-corrected chi connectivity index (χ2v) is 6.01. The van der Waals surface area contributed by atoms with Crippen molar-refractivity contribution in [3.05, 3.63) is 71.3 Å². The molecule has 0 aliphatic heterocycles. The summed E-state index contributed by atoms with van der Waals surface area (Å²) in [5, 5.41) is 9.25. The smallest absolute Gasteiger partial charge is 0.196 e. The van der Waals surface area contributed by atoms with Gasteiger partial charge in [0.25, 0.3) is 0 Å². The molecule has 112 valence electrons. The molecule has 3 aromatic rings. The van der Waals surface area contributed by atoms with E-state index in [4.69, 9.17) is 0 Å². The Hall–Kier alpha value is -2.14. The van der Waals surface area contributed by atoms with Gasteiger partial charge in [0.2, 0.25) is 0 Å². The molecule has 0 saturated carbocycles. The molecule has 0 aliphatic rings. The molecule has 0 aliphatic carbocycles. The first-order valence-corrected chi connectivity index (χ1v) is 7.99. The van der Waals surface area contributed by atoms with Gasteiger partial charge in [-0.2, -0.15) is 0 Å². The molecule has 0 unspecified atom stereocenters.